The van der Waals surface area contributed by atoms with E-state index in [2.05, 4.69) is 11.7 Å². The third kappa shape index (κ3) is 10.3. The number of esters is 1. The minimum Gasteiger partial charge on any atom is -0.469 e. The van der Waals surface area contributed by atoms with Crippen molar-refractivity contribution in [1.82, 2.24) is 0 Å². The molecule has 0 bridgehead atoms. The highest BCUT2D eigenvalue weighted by Gasteiger charge is 2.01. The van der Waals surface area contributed by atoms with Gasteiger partial charge in [0.15, 0.2) is 5.78 Å². The number of hydrogen-bond acceptors (Lipinski definition) is 4. The first-order chi connectivity index (χ1) is 9.63. The van der Waals surface area contributed by atoms with E-state index in [1.807, 2.05) is 18.2 Å². The van der Waals surface area contributed by atoms with Crippen molar-refractivity contribution in [2.75, 3.05) is 14.2 Å². The van der Waals surface area contributed by atoms with E-state index in [1.54, 1.807) is 19.3 Å². The number of methoxy groups -OCH3 is 2. The van der Waals surface area contributed by atoms with Crippen molar-refractivity contribution in [2.45, 2.75) is 38.7 Å². The lowest BCUT2D eigenvalue weighted by molar-refractivity contribution is -0.140. The molecule has 0 aromatic rings. The molecule has 1 atom stereocenters. The smallest absolute Gasteiger partial charge is 0.305 e. The van der Waals surface area contributed by atoms with Crippen LogP contribution in [0.5, 0.6) is 0 Å². The molecule has 0 aliphatic heterocycles. The zero-order chi connectivity index (χ0) is 15.2. The molecular weight excluding hydrogens is 256 g/mol. The first-order valence-corrected chi connectivity index (χ1v) is 6.78. The Morgan fingerprint density at radius 3 is 2.35 bits per heavy atom. The standard InChI is InChI=1S/C16H24O4/c1-4-15(19-2)12-8-6-5-7-10-14(17)11-9-13-16(18)20-3/h5-8,10,12,15H,4,9,11,13H2,1-3H3. The summed E-state index contributed by atoms with van der Waals surface area (Å²) in [5, 5.41) is 0. The van der Waals surface area contributed by atoms with Crippen LogP contribution < -0.4 is 0 Å². The van der Waals surface area contributed by atoms with Crippen molar-refractivity contribution >= 4 is 11.8 Å². The van der Waals surface area contributed by atoms with Gasteiger partial charge in [-0.15, -0.1) is 0 Å². The van der Waals surface area contributed by atoms with Crippen LogP contribution in [0.25, 0.3) is 0 Å². The van der Waals surface area contributed by atoms with Crippen molar-refractivity contribution in [3.8, 4) is 0 Å². The third-order valence-electron chi connectivity index (χ3n) is 2.68. The number of hydrogen-bond donors (Lipinski definition) is 0. The molecule has 0 aliphatic rings. The fraction of sp³-hybridized carbons (Fsp3) is 0.500. The van der Waals surface area contributed by atoms with Crippen molar-refractivity contribution in [1.29, 1.82) is 0 Å². The molecule has 0 rings (SSSR count). The minimum atomic E-state index is -0.282. The molecule has 1 unspecified atom stereocenters. The molecule has 0 saturated heterocycles. The van der Waals surface area contributed by atoms with Gasteiger partial charge in [0.25, 0.3) is 0 Å². The van der Waals surface area contributed by atoms with Gasteiger partial charge in [0.05, 0.1) is 13.2 Å². The van der Waals surface area contributed by atoms with Crippen molar-refractivity contribution < 1.29 is 19.1 Å². The summed E-state index contributed by atoms with van der Waals surface area (Å²) in [6, 6.07) is 0. The zero-order valence-electron chi connectivity index (χ0n) is 12.5. The summed E-state index contributed by atoms with van der Waals surface area (Å²) >= 11 is 0. The van der Waals surface area contributed by atoms with E-state index in [-0.39, 0.29) is 24.3 Å². The van der Waals surface area contributed by atoms with E-state index in [4.69, 9.17) is 4.74 Å². The number of carbonyl (C=O) groups is 2. The lowest BCUT2D eigenvalue weighted by Crippen LogP contribution is -2.03. The fourth-order valence-electron chi connectivity index (χ4n) is 1.45. The predicted molar refractivity (Wildman–Crippen MR) is 79.4 cm³/mol. The van der Waals surface area contributed by atoms with Gasteiger partial charge < -0.3 is 9.47 Å². The maximum absolute atomic E-state index is 11.4. The van der Waals surface area contributed by atoms with Gasteiger partial charge in [0, 0.05) is 20.0 Å². The molecule has 0 aromatic heterocycles. The summed E-state index contributed by atoms with van der Waals surface area (Å²) in [6.07, 6.45) is 12.9. The van der Waals surface area contributed by atoms with Crippen molar-refractivity contribution in [2.24, 2.45) is 0 Å². The molecule has 0 amide bonds. The fourth-order valence-corrected chi connectivity index (χ4v) is 1.45. The Labute approximate surface area is 121 Å². The van der Waals surface area contributed by atoms with Gasteiger partial charge in [0.2, 0.25) is 0 Å². The van der Waals surface area contributed by atoms with Crippen LogP contribution >= 0.6 is 0 Å². The molecule has 0 spiro atoms. The summed E-state index contributed by atoms with van der Waals surface area (Å²) in [4.78, 5) is 22.3. The maximum Gasteiger partial charge on any atom is 0.305 e. The van der Waals surface area contributed by atoms with E-state index in [1.165, 1.54) is 13.2 Å². The highest BCUT2D eigenvalue weighted by molar-refractivity contribution is 5.90. The number of allylic oxidation sites excluding steroid dienone is 5. The molecule has 0 heterocycles. The van der Waals surface area contributed by atoms with E-state index in [9.17, 15) is 9.59 Å². The van der Waals surface area contributed by atoms with Crippen LogP contribution in [0.4, 0.5) is 0 Å². The zero-order valence-corrected chi connectivity index (χ0v) is 12.5. The minimum absolute atomic E-state index is 0.00542. The van der Waals surface area contributed by atoms with Crippen LogP contribution in [-0.4, -0.2) is 32.1 Å². The van der Waals surface area contributed by atoms with Crippen LogP contribution in [0.3, 0.4) is 0 Å². The Morgan fingerprint density at radius 2 is 1.75 bits per heavy atom. The van der Waals surface area contributed by atoms with E-state index in [0.29, 0.717) is 12.8 Å². The van der Waals surface area contributed by atoms with Gasteiger partial charge in [-0.25, -0.2) is 0 Å². The van der Waals surface area contributed by atoms with Crippen LogP contribution in [0.15, 0.2) is 36.5 Å². The second kappa shape index (κ2) is 12.4. The molecule has 0 radical (unpaired) electrons. The molecule has 4 nitrogen and oxygen atoms in total. The average molecular weight is 280 g/mol. The third-order valence-corrected chi connectivity index (χ3v) is 2.68. The molecule has 0 saturated carbocycles. The highest BCUT2D eigenvalue weighted by Crippen LogP contribution is 2.00. The Bertz CT molecular complexity index is 363. The van der Waals surface area contributed by atoms with Gasteiger partial charge in [-0.05, 0) is 18.9 Å². The molecule has 0 fully saturated rings. The van der Waals surface area contributed by atoms with Gasteiger partial charge in [-0.1, -0.05) is 37.3 Å². The summed E-state index contributed by atoms with van der Waals surface area (Å²) in [5.74, 6) is -0.277. The highest BCUT2D eigenvalue weighted by atomic mass is 16.5. The average Bonchev–Trinajstić information content (AvgIpc) is 2.46. The predicted octanol–water partition coefficient (Wildman–Crippen LogP) is 2.99. The van der Waals surface area contributed by atoms with Gasteiger partial charge in [-0.3, -0.25) is 9.59 Å². The largest absolute Gasteiger partial charge is 0.469 e. The molecule has 0 aliphatic carbocycles. The van der Waals surface area contributed by atoms with Gasteiger partial charge >= 0.3 is 5.97 Å². The number of ether oxygens (including phenoxy) is 2. The molecule has 0 N–H and O–H groups in total. The molecule has 0 aromatic carbocycles. The molecule has 4 heteroatoms. The lowest BCUT2D eigenvalue weighted by atomic mass is 10.1. The molecule has 20 heavy (non-hydrogen) atoms. The van der Waals surface area contributed by atoms with Crippen LogP contribution in [0.1, 0.15) is 32.6 Å². The van der Waals surface area contributed by atoms with Crippen LogP contribution in [0.2, 0.25) is 0 Å². The van der Waals surface area contributed by atoms with Crippen molar-refractivity contribution in [3.05, 3.63) is 36.5 Å². The second-order valence-corrected chi connectivity index (χ2v) is 4.21. The summed E-state index contributed by atoms with van der Waals surface area (Å²) in [7, 11) is 3.02. The van der Waals surface area contributed by atoms with E-state index >= 15 is 0 Å². The number of carbonyl (C=O) groups excluding carboxylic acids is 2. The normalized spacial score (nSPS) is 13.3. The van der Waals surface area contributed by atoms with Gasteiger partial charge in [0.1, 0.15) is 0 Å². The van der Waals surface area contributed by atoms with Crippen molar-refractivity contribution in [3.63, 3.8) is 0 Å². The van der Waals surface area contributed by atoms with Crippen LogP contribution in [-0.2, 0) is 19.1 Å². The monoisotopic (exact) mass is 280 g/mol. The summed E-state index contributed by atoms with van der Waals surface area (Å²) in [6.45, 7) is 2.05. The second-order valence-electron chi connectivity index (χ2n) is 4.21. The quantitative estimate of drug-likeness (QED) is 0.351. The Morgan fingerprint density at radius 1 is 1.05 bits per heavy atom. The number of rotatable bonds is 10. The topological polar surface area (TPSA) is 52.6 Å². The Balaban J connectivity index is 3.88. The van der Waals surface area contributed by atoms with Crippen LogP contribution in [0, 0.1) is 0 Å². The summed E-state index contributed by atoms with van der Waals surface area (Å²) < 4.78 is 9.68. The number of ketones is 1. The first kappa shape index (κ1) is 18.3. The molecular formula is C16H24O4. The van der Waals surface area contributed by atoms with Gasteiger partial charge in [-0.2, -0.15) is 0 Å². The van der Waals surface area contributed by atoms with E-state index < -0.39 is 0 Å². The Hall–Kier alpha value is -1.68. The molecule has 112 valence electrons. The first-order valence-electron chi connectivity index (χ1n) is 6.78. The van der Waals surface area contributed by atoms with E-state index in [0.717, 1.165) is 6.42 Å². The maximum atomic E-state index is 11.4. The Kier molecular flexibility index (Phi) is 11.3. The SMILES string of the molecule is CCC(C=CC=CC=CC(=O)CCCC(=O)OC)OC. The lowest BCUT2D eigenvalue weighted by Gasteiger charge is -2.04. The summed E-state index contributed by atoms with van der Waals surface area (Å²) in [5.41, 5.74) is 0.